The van der Waals surface area contributed by atoms with Gasteiger partial charge in [0.25, 0.3) is 0 Å². The quantitative estimate of drug-likeness (QED) is 0.607. The Bertz CT molecular complexity index is 298. The van der Waals surface area contributed by atoms with Crippen molar-refractivity contribution in [3.8, 4) is 0 Å². The molecule has 1 aliphatic heterocycles. The Hall–Kier alpha value is -1.07. The zero-order valence-corrected chi connectivity index (χ0v) is 7.07. The zero-order valence-electron chi connectivity index (χ0n) is 6.26. The van der Waals surface area contributed by atoms with Crippen molar-refractivity contribution in [3.05, 3.63) is 15.8 Å². The van der Waals surface area contributed by atoms with Crippen LogP contribution in [0.2, 0.25) is 0 Å². The molecule has 0 aromatic carbocycles. The van der Waals surface area contributed by atoms with Crippen LogP contribution in [0.1, 0.15) is 14.5 Å². The normalized spacial score (nSPS) is 15.0. The van der Waals surface area contributed by atoms with Crippen LogP contribution in [-0.4, -0.2) is 17.7 Å². The number of fused-ring (bicyclic) bond motifs is 1. The topological polar surface area (TPSA) is 61.4 Å². The number of thiophene rings is 1. The van der Waals surface area contributed by atoms with E-state index in [2.05, 4.69) is 10.6 Å². The Morgan fingerprint density at radius 3 is 3.17 bits per heavy atom. The Labute approximate surface area is 73.2 Å². The number of aromatic carboxylic acids is 1. The standard InChI is InChI=1S/C7H8N2O2S/c10-7(11)5-1-4-6(12-5)2-8-3-9-4/h1,8-9H,2-3H2,(H,10,11). The summed E-state index contributed by atoms with van der Waals surface area (Å²) in [5, 5.41) is 14.9. The van der Waals surface area contributed by atoms with Gasteiger partial charge in [-0.3, -0.25) is 5.32 Å². The van der Waals surface area contributed by atoms with Gasteiger partial charge in [0.1, 0.15) is 4.88 Å². The largest absolute Gasteiger partial charge is 0.477 e. The molecule has 1 aliphatic rings. The molecule has 0 amide bonds. The molecular formula is C7H8N2O2S. The predicted octanol–water partition coefficient (Wildman–Crippen LogP) is 0.919. The summed E-state index contributed by atoms with van der Waals surface area (Å²) in [4.78, 5) is 12.0. The van der Waals surface area contributed by atoms with Crippen LogP contribution in [0.5, 0.6) is 0 Å². The summed E-state index contributed by atoms with van der Waals surface area (Å²) in [5.74, 6) is -0.851. The fourth-order valence-corrected chi connectivity index (χ4v) is 2.09. The second-order valence-corrected chi connectivity index (χ2v) is 3.67. The van der Waals surface area contributed by atoms with Crippen molar-refractivity contribution in [3.63, 3.8) is 0 Å². The minimum Gasteiger partial charge on any atom is -0.477 e. The van der Waals surface area contributed by atoms with Gasteiger partial charge in [-0.15, -0.1) is 11.3 Å². The van der Waals surface area contributed by atoms with Gasteiger partial charge >= 0.3 is 5.97 Å². The lowest BCUT2D eigenvalue weighted by molar-refractivity contribution is 0.0702. The van der Waals surface area contributed by atoms with E-state index < -0.39 is 5.97 Å². The van der Waals surface area contributed by atoms with Crippen molar-refractivity contribution in [1.29, 1.82) is 0 Å². The first-order valence-corrected chi connectivity index (χ1v) is 4.39. The number of nitrogens with one attached hydrogen (secondary N) is 2. The van der Waals surface area contributed by atoms with E-state index >= 15 is 0 Å². The molecule has 0 bridgehead atoms. The summed E-state index contributed by atoms with van der Waals surface area (Å²) in [6.45, 7) is 1.48. The van der Waals surface area contributed by atoms with Crippen LogP contribution < -0.4 is 10.6 Å². The molecule has 2 heterocycles. The summed E-state index contributed by atoms with van der Waals surface area (Å²) in [7, 11) is 0. The fourth-order valence-electron chi connectivity index (χ4n) is 1.15. The van der Waals surface area contributed by atoms with E-state index in [1.54, 1.807) is 6.07 Å². The third-order valence-corrected chi connectivity index (χ3v) is 2.83. The molecule has 1 aromatic heterocycles. The number of carboxylic acid groups (broad SMARTS) is 1. The highest BCUT2D eigenvalue weighted by Gasteiger charge is 2.15. The zero-order chi connectivity index (χ0) is 8.55. The monoisotopic (exact) mass is 184 g/mol. The molecule has 1 aromatic rings. The van der Waals surface area contributed by atoms with Crippen LogP contribution >= 0.6 is 11.3 Å². The summed E-state index contributed by atoms with van der Waals surface area (Å²) in [6.07, 6.45) is 0. The summed E-state index contributed by atoms with van der Waals surface area (Å²) in [5.41, 5.74) is 0.955. The molecule has 0 spiro atoms. The van der Waals surface area contributed by atoms with Crippen molar-refractivity contribution in [2.45, 2.75) is 6.54 Å². The van der Waals surface area contributed by atoms with Gasteiger partial charge in [0, 0.05) is 11.4 Å². The van der Waals surface area contributed by atoms with E-state index in [-0.39, 0.29) is 0 Å². The maximum absolute atomic E-state index is 10.6. The van der Waals surface area contributed by atoms with Crippen LogP contribution in [-0.2, 0) is 6.54 Å². The third-order valence-electron chi connectivity index (χ3n) is 1.71. The molecule has 0 saturated carbocycles. The van der Waals surface area contributed by atoms with E-state index in [0.717, 1.165) is 17.1 Å². The number of hydrogen-bond donors (Lipinski definition) is 3. The molecule has 0 aliphatic carbocycles. The Morgan fingerprint density at radius 1 is 1.67 bits per heavy atom. The Morgan fingerprint density at radius 2 is 2.50 bits per heavy atom. The number of carboxylic acids is 1. The van der Waals surface area contributed by atoms with Crippen molar-refractivity contribution < 1.29 is 9.90 Å². The van der Waals surface area contributed by atoms with Crippen LogP contribution in [0.4, 0.5) is 5.69 Å². The minimum absolute atomic E-state index is 0.399. The highest BCUT2D eigenvalue weighted by Crippen LogP contribution is 2.28. The molecule has 0 fully saturated rings. The smallest absolute Gasteiger partial charge is 0.345 e. The molecule has 5 heteroatoms. The third kappa shape index (κ3) is 1.17. The Kier molecular flexibility index (Phi) is 1.74. The van der Waals surface area contributed by atoms with E-state index in [4.69, 9.17) is 5.11 Å². The van der Waals surface area contributed by atoms with Gasteiger partial charge < -0.3 is 10.4 Å². The second-order valence-electron chi connectivity index (χ2n) is 2.53. The molecule has 12 heavy (non-hydrogen) atoms. The number of carbonyl (C=O) groups is 1. The summed E-state index contributed by atoms with van der Waals surface area (Å²) in [6, 6.07) is 1.68. The SMILES string of the molecule is O=C(O)c1cc2c(s1)CNCN2. The number of hydrogen-bond acceptors (Lipinski definition) is 4. The van der Waals surface area contributed by atoms with Crippen molar-refractivity contribution >= 4 is 23.0 Å². The van der Waals surface area contributed by atoms with Gasteiger partial charge in [-0.05, 0) is 6.07 Å². The van der Waals surface area contributed by atoms with Crippen LogP contribution in [0.15, 0.2) is 6.07 Å². The van der Waals surface area contributed by atoms with Gasteiger partial charge in [0.15, 0.2) is 0 Å². The van der Waals surface area contributed by atoms with E-state index in [0.29, 0.717) is 11.5 Å². The average Bonchev–Trinajstić information content (AvgIpc) is 2.46. The molecule has 0 unspecified atom stereocenters. The highest BCUT2D eigenvalue weighted by molar-refractivity contribution is 7.14. The molecule has 2 rings (SSSR count). The van der Waals surface area contributed by atoms with Crippen molar-refractivity contribution in [2.24, 2.45) is 0 Å². The van der Waals surface area contributed by atoms with E-state index in [1.807, 2.05) is 0 Å². The lowest BCUT2D eigenvalue weighted by atomic mass is 10.3. The molecule has 4 nitrogen and oxygen atoms in total. The molecule has 64 valence electrons. The molecule has 0 radical (unpaired) electrons. The average molecular weight is 184 g/mol. The second kappa shape index (κ2) is 2.76. The van der Waals surface area contributed by atoms with Crippen LogP contribution in [0, 0.1) is 0 Å². The number of rotatable bonds is 1. The maximum atomic E-state index is 10.6. The van der Waals surface area contributed by atoms with Gasteiger partial charge in [0.05, 0.1) is 12.4 Å². The van der Waals surface area contributed by atoms with Crippen LogP contribution in [0.3, 0.4) is 0 Å². The highest BCUT2D eigenvalue weighted by atomic mass is 32.1. The first-order chi connectivity index (χ1) is 5.77. The lowest BCUT2D eigenvalue weighted by Crippen LogP contribution is -2.25. The van der Waals surface area contributed by atoms with Gasteiger partial charge in [-0.2, -0.15) is 0 Å². The van der Waals surface area contributed by atoms with E-state index in [9.17, 15) is 4.79 Å². The van der Waals surface area contributed by atoms with Gasteiger partial charge in [-0.1, -0.05) is 0 Å². The first kappa shape index (κ1) is 7.57. The van der Waals surface area contributed by atoms with Crippen molar-refractivity contribution in [1.82, 2.24) is 5.32 Å². The molecule has 3 N–H and O–H groups in total. The van der Waals surface area contributed by atoms with Crippen LogP contribution in [0.25, 0.3) is 0 Å². The summed E-state index contributed by atoms with van der Waals surface area (Å²) >= 11 is 1.32. The van der Waals surface area contributed by atoms with Gasteiger partial charge in [-0.25, -0.2) is 4.79 Å². The first-order valence-electron chi connectivity index (χ1n) is 3.58. The number of anilines is 1. The predicted molar refractivity (Wildman–Crippen MR) is 46.6 cm³/mol. The summed E-state index contributed by atoms with van der Waals surface area (Å²) < 4.78 is 0. The van der Waals surface area contributed by atoms with Gasteiger partial charge in [0.2, 0.25) is 0 Å². The molecule has 0 atom stereocenters. The molecular weight excluding hydrogens is 176 g/mol. The molecule has 0 saturated heterocycles. The Balaban J connectivity index is 2.38. The maximum Gasteiger partial charge on any atom is 0.345 e. The minimum atomic E-state index is -0.851. The lowest BCUT2D eigenvalue weighted by Gasteiger charge is -2.13. The van der Waals surface area contributed by atoms with E-state index in [1.165, 1.54) is 11.3 Å². The van der Waals surface area contributed by atoms with Crippen molar-refractivity contribution in [2.75, 3.05) is 12.0 Å². The fraction of sp³-hybridized carbons (Fsp3) is 0.286.